The number of hydrogen-bond acceptors (Lipinski definition) is 2. The van der Waals surface area contributed by atoms with Crippen molar-refractivity contribution in [1.29, 1.82) is 0 Å². The van der Waals surface area contributed by atoms with Gasteiger partial charge in [-0.1, -0.05) is 30.4 Å². The topological polar surface area (TPSA) is 37.0 Å². The van der Waals surface area contributed by atoms with Gasteiger partial charge >= 0.3 is 0 Å². The summed E-state index contributed by atoms with van der Waals surface area (Å²) in [6.45, 7) is 8.84. The van der Waals surface area contributed by atoms with E-state index in [0.29, 0.717) is 13.2 Å². The third kappa shape index (κ3) is 3.45. The average Bonchev–Trinajstić information content (AvgIpc) is 2.82. The van der Waals surface area contributed by atoms with Crippen molar-refractivity contribution >= 4 is 10.9 Å². The average molecular weight is 244 g/mol. The number of H-pyrrole nitrogens is 1. The molecule has 0 fully saturated rings. The highest BCUT2D eigenvalue weighted by atomic mass is 16.5. The first-order chi connectivity index (χ1) is 8.77. The fourth-order valence-corrected chi connectivity index (χ4v) is 1.91. The molecule has 0 amide bonds. The molecular formula is C15H20N2O. The lowest BCUT2D eigenvalue weighted by atomic mass is 10.1. The summed E-state index contributed by atoms with van der Waals surface area (Å²) in [5.74, 6) is 0. The number of fused-ring (bicyclic) bond motifs is 1. The van der Waals surface area contributed by atoms with Gasteiger partial charge in [-0.25, -0.2) is 0 Å². The lowest BCUT2D eigenvalue weighted by Crippen LogP contribution is -2.19. The first-order valence-corrected chi connectivity index (χ1v) is 6.25. The molecule has 96 valence electrons. The van der Waals surface area contributed by atoms with Gasteiger partial charge in [0.2, 0.25) is 0 Å². The predicted octanol–water partition coefficient (Wildman–Crippen LogP) is 2.85. The largest absolute Gasteiger partial charge is 0.376 e. The van der Waals surface area contributed by atoms with Crippen LogP contribution in [0.1, 0.15) is 12.5 Å². The Labute approximate surface area is 108 Å². The molecule has 1 aromatic carbocycles. The van der Waals surface area contributed by atoms with Gasteiger partial charge in [0.05, 0.1) is 13.2 Å². The minimum absolute atomic E-state index is 0.647. The van der Waals surface area contributed by atoms with Crippen LogP contribution in [0.2, 0.25) is 0 Å². The number of aromatic nitrogens is 1. The van der Waals surface area contributed by atoms with Gasteiger partial charge in [-0.15, -0.1) is 0 Å². The summed E-state index contributed by atoms with van der Waals surface area (Å²) >= 11 is 0. The van der Waals surface area contributed by atoms with E-state index in [-0.39, 0.29) is 0 Å². The van der Waals surface area contributed by atoms with E-state index < -0.39 is 0 Å². The van der Waals surface area contributed by atoms with Crippen LogP contribution in [-0.4, -0.2) is 24.7 Å². The molecule has 2 aromatic rings. The third-order valence-electron chi connectivity index (χ3n) is 2.76. The lowest BCUT2D eigenvalue weighted by Gasteiger charge is -2.07. The van der Waals surface area contributed by atoms with Crippen LogP contribution in [-0.2, 0) is 11.3 Å². The Morgan fingerprint density at radius 2 is 2.28 bits per heavy atom. The molecule has 18 heavy (non-hydrogen) atoms. The summed E-state index contributed by atoms with van der Waals surface area (Å²) in [5.41, 5.74) is 3.57. The minimum atomic E-state index is 0.647. The number of hydrogen-bond donors (Lipinski definition) is 2. The molecule has 0 saturated heterocycles. The number of ether oxygens (including phenoxy) is 1. The summed E-state index contributed by atoms with van der Waals surface area (Å²) < 4.78 is 5.44. The summed E-state index contributed by atoms with van der Waals surface area (Å²) in [6, 6.07) is 8.44. The number of rotatable bonds is 7. The molecule has 0 atom stereocenters. The summed E-state index contributed by atoms with van der Waals surface area (Å²) in [4.78, 5) is 3.27. The summed E-state index contributed by atoms with van der Waals surface area (Å²) in [6.07, 6.45) is 1.98. The van der Waals surface area contributed by atoms with Gasteiger partial charge in [-0.3, -0.25) is 0 Å². The van der Waals surface area contributed by atoms with Gasteiger partial charge in [0, 0.05) is 24.8 Å². The molecule has 3 nitrogen and oxygen atoms in total. The monoisotopic (exact) mass is 244 g/mol. The highest BCUT2D eigenvalue weighted by Gasteiger charge is 2.00. The first kappa shape index (κ1) is 12.9. The molecule has 0 spiro atoms. The highest BCUT2D eigenvalue weighted by Crippen LogP contribution is 2.16. The molecule has 3 heteroatoms. The SMILES string of the molecule is C=C(C)COCCNCc1cccc2cc[nH]c12. The van der Waals surface area contributed by atoms with Gasteiger partial charge in [0.25, 0.3) is 0 Å². The van der Waals surface area contributed by atoms with Crippen molar-refractivity contribution in [2.45, 2.75) is 13.5 Å². The quantitative estimate of drug-likeness (QED) is 0.580. The number of aromatic amines is 1. The second-order valence-corrected chi connectivity index (χ2v) is 4.55. The highest BCUT2D eigenvalue weighted by molar-refractivity contribution is 5.82. The van der Waals surface area contributed by atoms with Gasteiger partial charge < -0.3 is 15.0 Å². The van der Waals surface area contributed by atoms with Crippen LogP contribution < -0.4 is 5.32 Å². The Morgan fingerprint density at radius 3 is 3.11 bits per heavy atom. The first-order valence-electron chi connectivity index (χ1n) is 6.25. The maximum atomic E-state index is 5.44. The molecule has 1 heterocycles. The Hall–Kier alpha value is -1.58. The van der Waals surface area contributed by atoms with Crippen molar-refractivity contribution in [3.05, 3.63) is 48.2 Å². The summed E-state index contributed by atoms with van der Waals surface area (Å²) in [7, 11) is 0. The Kier molecular flexibility index (Phi) is 4.56. The zero-order valence-corrected chi connectivity index (χ0v) is 10.8. The zero-order valence-electron chi connectivity index (χ0n) is 10.8. The van der Waals surface area contributed by atoms with Crippen molar-refractivity contribution in [3.8, 4) is 0 Å². The molecule has 0 bridgehead atoms. The van der Waals surface area contributed by atoms with Crippen molar-refractivity contribution in [3.63, 3.8) is 0 Å². The van der Waals surface area contributed by atoms with Crippen LogP contribution in [0.5, 0.6) is 0 Å². The van der Waals surface area contributed by atoms with Gasteiger partial charge in [0.1, 0.15) is 0 Å². The van der Waals surface area contributed by atoms with Crippen LogP contribution in [0.4, 0.5) is 0 Å². The van der Waals surface area contributed by atoms with E-state index in [4.69, 9.17) is 4.74 Å². The van der Waals surface area contributed by atoms with Gasteiger partial charge in [0.15, 0.2) is 0 Å². The van der Waals surface area contributed by atoms with Crippen LogP contribution in [0, 0.1) is 0 Å². The molecule has 0 saturated carbocycles. The van der Waals surface area contributed by atoms with E-state index in [0.717, 1.165) is 18.7 Å². The van der Waals surface area contributed by atoms with E-state index in [9.17, 15) is 0 Å². The van der Waals surface area contributed by atoms with Gasteiger partial charge in [-0.2, -0.15) is 0 Å². The number of benzene rings is 1. The molecule has 0 aliphatic heterocycles. The summed E-state index contributed by atoms with van der Waals surface area (Å²) in [5, 5.41) is 4.64. The Morgan fingerprint density at radius 1 is 1.39 bits per heavy atom. The molecule has 1 aromatic heterocycles. The fourth-order valence-electron chi connectivity index (χ4n) is 1.91. The smallest absolute Gasteiger partial charge is 0.0672 e. The number of para-hydroxylation sites is 1. The lowest BCUT2D eigenvalue weighted by molar-refractivity contribution is 0.158. The van der Waals surface area contributed by atoms with E-state index in [1.165, 1.54) is 16.5 Å². The molecular weight excluding hydrogens is 224 g/mol. The number of nitrogens with one attached hydrogen (secondary N) is 2. The second kappa shape index (κ2) is 6.38. The second-order valence-electron chi connectivity index (χ2n) is 4.55. The van der Waals surface area contributed by atoms with E-state index in [2.05, 4.69) is 41.1 Å². The van der Waals surface area contributed by atoms with Crippen molar-refractivity contribution in [1.82, 2.24) is 10.3 Å². The fraction of sp³-hybridized carbons (Fsp3) is 0.333. The maximum absolute atomic E-state index is 5.44. The van der Waals surface area contributed by atoms with E-state index in [1.54, 1.807) is 0 Å². The Balaban J connectivity index is 1.76. The van der Waals surface area contributed by atoms with E-state index in [1.807, 2.05) is 13.1 Å². The van der Waals surface area contributed by atoms with Crippen molar-refractivity contribution in [2.75, 3.05) is 19.8 Å². The van der Waals surface area contributed by atoms with Crippen molar-refractivity contribution < 1.29 is 4.74 Å². The van der Waals surface area contributed by atoms with Crippen LogP contribution in [0.15, 0.2) is 42.6 Å². The molecule has 0 unspecified atom stereocenters. The third-order valence-corrected chi connectivity index (χ3v) is 2.76. The standard InChI is InChI=1S/C15H20N2O/c1-12(2)11-18-9-8-16-10-14-5-3-4-13-6-7-17-15(13)14/h3-7,16-17H,1,8-11H2,2H3. The molecule has 0 aliphatic carbocycles. The molecule has 2 N–H and O–H groups in total. The molecule has 0 radical (unpaired) electrons. The zero-order chi connectivity index (χ0) is 12.8. The Bertz CT molecular complexity index is 516. The predicted molar refractivity (Wildman–Crippen MR) is 75.6 cm³/mol. The van der Waals surface area contributed by atoms with Crippen LogP contribution >= 0.6 is 0 Å². The minimum Gasteiger partial charge on any atom is -0.376 e. The van der Waals surface area contributed by atoms with E-state index >= 15 is 0 Å². The molecule has 0 aliphatic rings. The van der Waals surface area contributed by atoms with Gasteiger partial charge in [-0.05, 0) is 23.9 Å². The van der Waals surface area contributed by atoms with Crippen LogP contribution in [0.3, 0.4) is 0 Å². The van der Waals surface area contributed by atoms with Crippen molar-refractivity contribution in [2.24, 2.45) is 0 Å². The maximum Gasteiger partial charge on any atom is 0.0672 e. The van der Waals surface area contributed by atoms with Crippen LogP contribution in [0.25, 0.3) is 10.9 Å². The normalized spacial score (nSPS) is 10.9. The molecule has 2 rings (SSSR count).